The van der Waals surface area contributed by atoms with Crippen molar-refractivity contribution in [2.45, 2.75) is 44.2 Å². The summed E-state index contributed by atoms with van der Waals surface area (Å²) < 4.78 is 1.45. The highest BCUT2D eigenvalue weighted by atomic mass is 16.4. The summed E-state index contributed by atoms with van der Waals surface area (Å²) in [7, 11) is 1.67. The first kappa shape index (κ1) is 13.8. The third-order valence-electron chi connectivity index (χ3n) is 4.54. The molecule has 2 fully saturated rings. The van der Waals surface area contributed by atoms with Gasteiger partial charge in [-0.1, -0.05) is 12.8 Å². The second kappa shape index (κ2) is 5.34. The van der Waals surface area contributed by atoms with E-state index in [2.05, 4.69) is 15.4 Å². The van der Waals surface area contributed by atoms with Crippen LogP contribution in [0.3, 0.4) is 0 Å². The number of nitrogens with one attached hydrogen (secondary N) is 1. The Labute approximate surface area is 122 Å². The molecule has 8 nitrogen and oxygen atoms in total. The molecular formula is C13H19N5O3. The number of hydrogen-bond acceptors (Lipinski definition) is 4. The number of aliphatic carboxylic acids is 1. The zero-order chi connectivity index (χ0) is 15.0. The molecule has 1 aromatic heterocycles. The minimum absolute atomic E-state index is 0.0214. The smallest absolute Gasteiger partial charge is 0.326 e. The molecule has 1 aliphatic heterocycles. The Morgan fingerprint density at radius 1 is 1.38 bits per heavy atom. The van der Waals surface area contributed by atoms with E-state index in [0.717, 1.165) is 25.7 Å². The van der Waals surface area contributed by atoms with Gasteiger partial charge in [0.1, 0.15) is 12.4 Å². The predicted molar refractivity (Wildman–Crippen MR) is 73.6 cm³/mol. The molecular weight excluding hydrogens is 274 g/mol. The Hall–Kier alpha value is -2.12. The molecule has 0 spiro atoms. The number of urea groups is 1. The number of rotatable bonds is 2. The van der Waals surface area contributed by atoms with Crippen LogP contribution < -0.4 is 5.32 Å². The number of carbonyl (C=O) groups is 2. The fourth-order valence-electron chi connectivity index (χ4n) is 3.54. The van der Waals surface area contributed by atoms with Gasteiger partial charge in [0, 0.05) is 13.1 Å². The lowest BCUT2D eigenvalue weighted by Gasteiger charge is -2.32. The van der Waals surface area contributed by atoms with E-state index < -0.39 is 18.0 Å². The molecule has 2 heterocycles. The third kappa shape index (κ3) is 2.45. The lowest BCUT2D eigenvalue weighted by molar-refractivity contribution is -0.141. The van der Waals surface area contributed by atoms with E-state index in [4.69, 9.17) is 0 Å². The molecule has 3 unspecified atom stereocenters. The molecule has 1 saturated heterocycles. The Morgan fingerprint density at radius 2 is 2.14 bits per heavy atom. The number of likely N-dealkylation sites (tertiary alicyclic amines) is 1. The topological polar surface area (TPSA) is 100 Å². The first-order chi connectivity index (χ1) is 10.1. The molecule has 2 amide bonds. The van der Waals surface area contributed by atoms with Crippen molar-refractivity contribution in [3.8, 4) is 0 Å². The lowest BCUT2D eigenvalue weighted by atomic mass is 9.85. The number of anilines is 1. The van der Waals surface area contributed by atoms with Crippen LogP contribution in [0, 0.1) is 5.92 Å². The molecule has 3 atom stereocenters. The molecule has 8 heteroatoms. The molecule has 0 bridgehead atoms. The predicted octanol–water partition coefficient (Wildman–Crippen LogP) is 1.06. The summed E-state index contributed by atoms with van der Waals surface area (Å²) in [5, 5.41) is 16.0. The van der Waals surface area contributed by atoms with Gasteiger partial charge in [-0.2, -0.15) is 10.1 Å². The maximum atomic E-state index is 12.5. The number of nitrogens with zero attached hydrogens (tertiary/aromatic N) is 4. The normalized spacial score (nSPS) is 28.2. The van der Waals surface area contributed by atoms with Gasteiger partial charge in [-0.15, -0.1) is 0 Å². The second-order valence-electron chi connectivity index (χ2n) is 5.75. The van der Waals surface area contributed by atoms with E-state index in [1.807, 2.05) is 0 Å². The zero-order valence-electron chi connectivity index (χ0n) is 11.9. The average Bonchev–Trinajstić information content (AvgIpc) is 3.03. The molecule has 1 aliphatic carbocycles. The minimum atomic E-state index is -0.933. The first-order valence-corrected chi connectivity index (χ1v) is 7.24. The van der Waals surface area contributed by atoms with Crippen molar-refractivity contribution in [1.82, 2.24) is 19.7 Å². The van der Waals surface area contributed by atoms with Gasteiger partial charge in [-0.25, -0.2) is 14.3 Å². The number of amides is 2. The largest absolute Gasteiger partial charge is 0.480 e. The van der Waals surface area contributed by atoms with Crippen LogP contribution in [0.25, 0.3) is 0 Å². The standard InChI is InChI=1S/C13H19N5O3/c1-17-12(14-7-15-17)16-13(21)18-9-5-3-2-4-8(9)6-10(18)11(19)20/h7-10H,2-6H2,1H3,(H,19,20)(H,14,15,16,21). The van der Waals surface area contributed by atoms with Crippen LogP contribution in [0.5, 0.6) is 0 Å². The van der Waals surface area contributed by atoms with Crippen LogP contribution in [0.15, 0.2) is 6.33 Å². The number of carboxylic acids is 1. The van der Waals surface area contributed by atoms with Crippen LogP contribution >= 0.6 is 0 Å². The van der Waals surface area contributed by atoms with Crippen LogP contribution in [0.2, 0.25) is 0 Å². The minimum Gasteiger partial charge on any atom is -0.480 e. The zero-order valence-corrected chi connectivity index (χ0v) is 11.9. The van der Waals surface area contributed by atoms with E-state index in [-0.39, 0.29) is 6.04 Å². The lowest BCUT2D eigenvalue weighted by Crippen LogP contribution is -2.48. The molecule has 2 aliphatic rings. The Balaban J connectivity index is 1.81. The van der Waals surface area contributed by atoms with Crippen molar-refractivity contribution < 1.29 is 14.7 Å². The first-order valence-electron chi connectivity index (χ1n) is 7.24. The molecule has 21 heavy (non-hydrogen) atoms. The van der Waals surface area contributed by atoms with Crippen molar-refractivity contribution in [3.05, 3.63) is 6.33 Å². The number of carbonyl (C=O) groups excluding carboxylic acids is 1. The van der Waals surface area contributed by atoms with Crippen molar-refractivity contribution in [1.29, 1.82) is 0 Å². The van der Waals surface area contributed by atoms with Gasteiger partial charge in [-0.05, 0) is 25.2 Å². The molecule has 0 radical (unpaired) electrons. The Morgan fingerprint density at radius 3 is 2.81 bits per heavy atom. The van der Waals surface area contributed by atoms with Gasteiger partial charge in [0.2, 0.25) is 5.95 Å². The van der Waals surface area contributed by atoms with E-state index >= 15 is 0 Å². The van der Waals surface area contributed by atoms with Crippen molar-refractivity contribution >= 4 is 17.9 Å². The number of aryl methyl sites for hydroxylation is 1. The van der Waals surface area contributed by atoms with Gasteiger partial charge in [0.05, 0.1) is 0 Å². The summed E-state index contributed by atoms with van der Waals surface area (Å²) in [6.07, 6.45) is 5.93. The van der Waals surface area contributed by atoms with Crippen LogP contribution in [-0.2, 0) is 11.8 Å². The van der Waals surface area contributed by atoms with Gasteiger partial charge >= 0.3 is 12.0 Å². The molecule has 1 aromatic rings. The van der Waals surface area contributed by atoms with Gasteiger partial charge in [0.15, 0.2) is 0 Å². The Kier molecular flexibility index (Phi) is 3.52. The number of fused-ring (bicyclic) bond motifs is 1. The van der Waals surface area contributed by atoms with Crippen molar-refractivity contribution in [2.75, 3.05) is 5.32 Å². The summed E-state index contributed by atoms with van der Waals surface area (Å²) in [6.45, 7) is 0. The summed E-state index contributed by atoms with van der Waals surface area (Å²) in [4.78, 5) is 29.4. The number of aromatic nitrogens is 3. The fourth-order valence-corrected chi connectivity index (χ4v) is 3.54. The van der Waals surface area contributed by atoms with E-state index in [0.29, 0.717) is 18.3 Å². The molecule has 1 saturated carbocycles. The molecule has 2 N–H and O–H groups in total. The maximum Gasteiger partial charge on any atom is 0.326 e. The average molecular weight is 293 g/mol. The van der Waals surface area contributed by atoms with Gasteiger partial charge in [-0.3, -0.25) is 5.32 Å². The van der Waals surface area contributed by atoms with Crippen molar-refractivity contribution in [2.24, 2.45) is 13.0 Å². The highest BCUT2D eigenvalue weighted by molar-refractivity contribution is 5.91. The van der Waals surface area contributed by atoms with E-state index in [1.165, 1.54) is 15.9 Å². The highest BCUT2D eigenvalue weighted by Crippen LogP contribution is 2.40. The summed E-state index contributed by atoms with van der Waals surface area (Å²) in [6, 6.07) is -1.12. The van der Waals surface area contributed by atoms with Gasteiger partial charge in [0.25, 0.3) is 0 Å². The van der Waals surface area contributed by atoms with Crippen LogP contribution in [0.1, 0.15) is 32.1 Å². The van der Waals surface area contributed by atoms with Crippen LogP contribution in [0.4, 0.5) is 10.7 Å². The third-order valence-corrected chi connectivity index (χ3v) is 4.54. The summed E-state index contributed by atoms with van der Waals surface area (Å²) >= 11 is 0. The molecule has 3 rings (SSSR count). The monoisotopic (exact) mass is 293 g/mol. The summed E-state index contributed by atoms with van der Waals surface area (Å²) in [5.74, 6) is -0.314. The molecule has 0 aromatic carbocycles. The van der Waals surface area contributed by atoms with E-state index in [9.17, 15) is 14.7 Å². The van der Waals surface area contributed by atoms with E-state index in [1.54, 1.807) is 7.05 Å². The maximum absolute atomic E-state index is 12.5. The highest BCUT2D eigenvalue weighted by Gasteiger charge is 2.47. The number of hydrogen-bond donors (Lipinski definition) is 2. The van der Waals surface area contributed by atoms with Crippen molar-refractivity contribution in [3.63, 3.8) is 0 Å². The Bertz CT molecular complexity index is 558. The second-order valence-corrected chi connectivity index (χ2v) is 5.75. The quantitative estimate of drug-likeness (QED) is 0.849. The summed E-state index contributed by atoms with van der Waals surface area (Å²) in [5.41, 5.74) is 0. The van der Waals surface area contributed by atoms with Crippen LogP contribution in [-0.4, -0.2) is 48.9 Å². The number of carboxylic acid groups (broad SMARTS) is 1. The molecule has 114 valence electrons. The fraction of sp³-hybridized carbons (Fsp3) is 0.692. The van der Waals surface area contributed by atoms with Gasteiger partial charge < -0.3 is 10.0 Å². The SMILES string of the molecule is Cn1ncnc1NC(=O)N1C(C(=O)O)CC2CCCCC21.